The van der Waals surface area contributed by atoms with Gasteiger partial charge >= 0.3 is 0 Å². The summed E-state index contributed by atoms with van der Waals surface area (Å²) in [6.07, 6.45) is 4.78. The molecule has 5 rings (SSSR count). The lowest BCUT2D eigenvalue weighted by Gasteiger charge is -2.49. The standard InChI is InChI=1S/C27H31N3O6/c1-27-11-10-18-19-14-25(34-2)24(31)13-21(19)23(12-20(18)22(27)8-9-26(27)29-35-3)28-36-15-16-4-6-17(7-5-16)30(32)33/h4-7,13-14,18,20,22,31H,8-12,15H2,1-3H3/t18-,20-,22+,27+/m1/s1. The first-order valence-corrected chi connectivity index (χ1v) is 12.3. The molecule has 2 saturated carbocycles. The zero-order valence-corrected chi connectivity index (χ0v) is 20.8. The van der Waals surface area contributed by atoms with Gasteiger partial charge in [0.2, 0.25) is 0 Å². The Morgan fingerprint density at radius 1 is 1.17 bits per heavy atom. The minimum absolute atomic E-state index is 0.000405. The molecule has 36 heavy (non-hydrogen) atoms. The van der Waals surface area contributed by atoms with Gasteiger partial charge in [-0.2, -0.15) is 0 Å². The van der Waals surface area contributed by atoms with Gasteiger partial charge in [-0.05, 0) is 85.3 Å². The minimum Gasteiger partial charge on any atom is -0.504 e. The highest BCUT2D eigenvalue weighted by Gasteiger charge is 2.54. The first-order valence-electron chi connectivity index (χ1n) is 12.3. The van der Waals surface area contributed by atoms with Crippen molar-refractivity contribution in [2.24, 2.45) is 27.6 Å². The third-order valence-corrected chi connectivity index (χ3v) is 8.42. The number of hydrogen-bond acceptors (Lipinski definition) is 8. The molecule has 0 saturated heterocycles. The predicted octanol–water partition coefficient (Wildman–Crippen LogP) is 5.55. The van der Waals surface area contributed by atoms with Crippen molar-refractivity contribution in [3.05, 3.63) is 63.2 Å². The molecule has 3 aliphatic carbocycles. The predicted molar refractivity (Wildman–Crippen MR) is 134 cm³/mol. The highest BCUT2D eigenvalue weighted by molar-refractivity contribution is 6.04. The van der Waals surface area contributed by atoms with Crippen LogP contribution in [-0.2, 0) is 16.3 Å². The van der Waals surface area contributed by atoms with E-state index in [0.29, 0.717) is 23.5 Å². The van der Waals surface area contributed by atoms with E-state index in [4.69, 9.17) is 14.4 Å². The Hall–Kier alpha value is -3.62. The van der Waals surface area contributed by atoms with Crippen LogP contribution in [0.25, 0.3) is 0 Å². The summed E-state index contributed by atoms with van der Waals surface area (Å²) in [5, 5.41) is 30.4. The molecule has 2 fully saturated rings. The summed E-state index contributed by atoms with van der Waals surface area (Å²) < 4.78 is 5.44. The Morgan fingerprint density at radius 3 is 2.64 bits per heavy atom. The van der Waals surface area contributed by atoms with Crippen LogP contribution >= 0.6 is 0 Å². The van der Waals surface area contributed by atoms with Crippen molar-refractivity contribution < 1.29 is 24.4 Å². The fraction of sp³-hybridized carbons (Fsp3) is 0.481. The molecule has 9 nitrogen and oxygen atoms in total. The summed E-state index contributed by atoms with van der Waals surface area (Å²) in [5.74, 6) is 1.67. The number of oxime groups is 2. The lowest BCUT2D eigenvalue weighted by atomic mass is 9.55. The van der Waals surface area contributed by atoms with E-state index in [9.17, 15) is 15.2 Å². The Kier molecular flexibility index (Phi) is 6.32. The van der Waals surface area contributed by atoms with Gasteiger partial charge in [-0.1, -0.05) is 17.2 Å². The molecule has 9 heteroatoms. The maximum atomic E-state index is 10.9. The number of nitro groups is 1. The van der Waals surface area contributed by atoms with Crippen molar-refractivity contribution in [3.8, 4) is 11.5 Å². The summed E-state index contributed by atoms with van der Waals surface area (Å²) in [4.78, 5) is 21.4. The van der Waals surface area contributed by atoms with E-state index in [0.717, 1.165) is 60.2 Å². The van der Waals surface area contributed by atoms with Crippen LogP contribution < -0.4 is 4.74 Å². The highest BCUT2D eigenvalue weighted by atomic mass is 16.6. The second-order valence-corrected chi connectivity index (χ2v) is 10.1. The Balaban J connectivity index is 1.46. The molecule has 4 atom stereocenters. The van der Waals surface area contributed by atoms with E-state index in [2.05, 4.69) is 17.2 Å². The van der Waals surface area contributed by atoms with E-state index >= 15 is 0 Å². The van der Waals surface area contributed by atoms with Crippen LogP contribution in [-0.4, -0.2) is 35.7 Å². The normalized spacial score (nSPS) is 28.8. The Labute approximate surface area is 209 Å². The number of fused-ring (bicyclic) bond motifs is 5. The number of nitro benzene ring substituents is 1. The molecule has 2 aromatic rings. The van der Waals surface area contributed by atoms with Crippen molar-refractivity contribution in [2.75, 3.05) is 14.2 Å². The van der Waals surface area contributed by atoms with Crippen molar-refractivity contribution in [1.29, 1.82) is 0 Å². The summed E-state index contributed by atoms with van der Waals surface area (Å²) in [6, 6.07) is 9.94. The lowest BCUT2D eigenvalue weighted by molar-refractivity contribution is -0.384. The van der Waals surface area contributed by atoms with Gasteiger partial charge in [0, 0.05) is 23.1 Å². The van der Waals surface area contributed by atoms with Crippen molar-refractivity contribution in [2.45, 2.75) is 51.6 Å². The number of phenols is 1. The third-order valence-electron chi connectivity index (χ3n) is 8.42. The molecule has 190 valence electrons. The molecule has 2 aromatic carbocycles. The van der Waals surface area contributed by atoms with Crippen LogP contribution in [0.5, 0.6) is 11.5 Å². The molecular formula is C27H31N3O6. The second-order valence-electron chi connectivity index (χ2n) is 10.1. The van der Waals surface area contributed by atoms with E-state index in [1.54, 1.807) is 32.4 Å². The Morgan fingerprint density at radius 2 is 1.94 bits per heavy atom. The van der Waals surface area contributed by atoms with Crippen molar-refractivity contribution in [3.63, 3.8) is 0 Å². The second kappa shape index (κ2) is 9.44. The first-order chi connectivity index (χ1) is 17.4. The number of aromatic hydroxyl groups is 1. The largest absolute Gasteiger partial charge is 0.504 e. The first kappa shape index (κ1) is 24.1. The molecule has 1 N–H and O–H groups in total. The fourth-order valence-corrected chi connectivity index (χ4v) is 6.63. The number of methoxy groups -OCH3 is 1. The molecule has 0 bridgehead atoms. The Bertz CT molecular complexity index is 1220. The number of nitrogens with zero attached hydrogens (tertiary/aromatic N) is 3. The zero-order chi connectivity index (χ0) is 25.4. The summed E-state index contributed by atoms with van der Waals surface area (Å²) in [7, 11) is 3.17. The summed E-state index contributed by atoms with van der Waals surface area (Å²) >= 11 is 0. The van der Waals surface area contributed by atoms with Gasteiger partial charge in [-0.3, -0.25) is 10.1 Å². The van der Waals surface area contributed by atoms with E-state index in [1.807, 2.05) is 6.07 Å². The van der Waals surface area contributed by atoms with E-state index < -0.39 is 4.92 Å². The number of non-ortho nitro benzene ring substituents is 1. The minimum atomic E-state index is -0.426. The molecule has 0 heterocycles. The highest BCUT2D eigenvalue weighted by Crippen LogP contribution is 2.60. The molecule has 0 aromatic heterocycles. The van der Waals surface area contributed by atoms with Crippen LogP contribution in [0.4, 0.5) is 5.69 Å². The van der Waals surface area contributed by atoms with Crippen LogP contribution in [0.1, 0.15) is 61.6 Å². The SMILES string of the molecule is CON=C1CC[C@H]2[C@@H]3CC(=NOCc4ccc([N+](=O)[O-])cc4)c4cc(O)c(OC)cc4[C@H]3CC[C@]12C. The molecule has 0 unspecified atom stereocenters. The average Bonchev–Trinajstić information content (AvgIpc) is 3.20. The summed E-state index contributed by atoms with van der Waals surface area (Å²) in [6.45, 7) is 2.51. The van der Waals surface area contributed by atoms with Gasteiger partial charge in [-0.15, -0.1) is 0 Å². The maximum Gasteiger partial charge on any atom is 0.269 e. The zero-order valence-electron chi connectivity index (χ0n) is 20.8. The van der Waals surface area contributed by atoms with Crippen molar-refractivity contribution >= 4 is 17.1 Å². The number of phenolic OH excluding ortho intramolecular Hbond substituents is 1. The monoisotopic (exact) mass is 493 g/mol. The van der Waals surface area contributed by atoms with Crippen LogP contribution in [0.15, 0.2) is 46.7 Å². The van der Waals surface area contributed by atoms with Gasteiger partial charge < -0.3 is 19.5 Å². The van der Waals surface area contributed by atoms with E-state index in [1.165, 1.54) is 12.1 Å². The van der Waals surface area contributed by atoms with Gasteiger partial charge in [0.25, 0.3) is 5.69 Å². The number of hydrogen-bond donors (Lipinski definition) is 1. The molecule has 0 aliphatic heterocycles. The smallest absolute Gasteiger partial charge is 0.269 e. The summed E-state index contributed by atoms with van der Waals surface area (Å²) in [5.41, 5.74) is 4.81. The molecule has 0 amide bonds. The topological polar surface area (TPSA) is 116 Å². The molecule has 0 spiro atoms. The van der Waals surface area contributed by atoms with Gasteiger partial charge in [0.15, 0.2) is 11.5 Å². The molecule has 3 aliphatic rings. The number of benzene rings is 2. The third kappa shape index (κ3) is 4.06. The number of ether oxygens (including phenoxy) is 1. The maximum absolute atomic E-state index is 10.9. The van der Waals surface area contributed by atoms with Crippen LogP contribution in [0.3, 0.4) is 0 Å². The van der Waals surface area contributed by atoms with Crippen LogP contribution in [0, 0.1) is 27.4 Å². The van der Waals surface area contributed by atoms with Gasteiger partial charge in [0.05, 0.1) is 23.5 Å². The lowest BCUT2D eigenvalue weighted by Crippen LogP contribution is -2.43. The number of rotatable bonds is 6. The molecule has 0 radical (unpaired) electrons. The van der Waals surface area contributed by atoms with Gasteiger partial charge in [0.1, 0.15) is 13.7 Å². The van der Waals surface area contributed by atoms with E-state index in [-0.39, 0.29) is 23.5 Å². The average molecular weight is 494 g/mol. The fourth-order valence-electron chi connectivity index (χ4n) is 6.63. The molecular weight excluding hydrogens is 462 g/mol. The van der Waals surface area contributed by atoms with Crippen LogP contribution in [0.2, 0.25) is 0 Å². The van der Waals surface area contributed by atoms with Crippen molar-refractivity contribution in [1.82, 2.24) is 0 Å². The van der Waals surface area contributed by atoms with Gasteiger partial charge in [-0.25, -0.2) is 0 Å². The quantitative estimate of drug-likeness (QED) is 0.417.